The highest BCUT2D eigenvalue weighted by Gasteiger charge is 2.33. The van der Waals surface area contributed by atoms with Crippen molar-refractivity contribution in [3.8, 4) is 0 Å². The van der Waals surface area contributed by atoms with Crippen LogP contribution in [-0.4, -0.2) is 25.9 Å². The van der Waals surface area contributed by atoms with E-state index >= 15 is 0 Å². The van der Waals surface area contributed by atoms with E-state index in [-0.39, 0.29) is 41.5 Å². The summed E-state index contributed by atoms with van der Waals surface area (Å²) >= 11 is 0. The number of benzene rings is 1. The number of nitro benzene ring substituents is 1. The minimum atomic E-state index is -3.78. The number of nitrogens with zero attached hydrogens (tertiary/aromatic N) is 1. The van der Waals surface area contributed by atoms with Crippen LogP contribution in [-0.2, 0) is 10.0 Å². The van der Waals surface area contributed by atoms with Crippen LogP contribution in [0.3, 0.4) is 0 Å². The van der Waals surface area contributed by atoms with Gasteiger partial charge in [0.1, 0.15) is 0 Å². The van der Waals surface area contributed by atoms with Crippen LogP contribution in [0.15, 0.2) is 23.1 Å². The third-order valence-electron chi connectivity index (χ3n) is 3.44. The Morgan fingerprint density at radius 1 is 1.48 bits per heavy atom. The second-order valence-corrected chi connectivity index (χ2v) is 6.72. The molecular formula is C12H18ClN3O4S. The van der Waals surface area contributed by atoms with Crippen molar-refractivity contribution in [3.63, 3.8) is 0 Å². The maximum Gasteiger partial charge on any atom is 0.273 e. The maximum atomic E-state index is 12.2. The molecule has 0 heterocycles. The van der Waals surface area contributed by atoms with Gasteiger partial charge in [0.2, 0.25) is 10.0 Å². The van der Waals surface area contributed by atoms with Crippen LogP contribution < -0.4 is 10.5 Å². The first kappa shape index (κ1) is 17.8. The molecule has 3 N–H and O–H groups in total. The summed E-state index contributed by atoms with van der Waals surface area (Å²) in [6, 6.07) is 3.57. The van der Waals surface area contributed by atoms with Gasteiger partial charge in [-0.1, -0.05) is 6.07 Å². The van der Waals surface area contributed by atoms with Gasteiger partial charge in [0.25, 0.3) is 5.69 Å². The van der Waals surface area contributed by atoms with E-state index < -0.39 is 14.9 Å². The van der Waals surface area contributed by atoms with Gasteiger partial charge >= 0.3 is 0 Å². The molecule has 21 heavy (non-hydrogen) atoms. The summed E-state index contributed by atoms with van der Waals surface area (Å²) in [7, 11) is -3.78. The van der Waals surface area contributed by atoms with E-state index in [1.54, 1.807) is 6.92 Å². The second-order valence-electron chi connectivity index (χ2n) is 5.01. The number of halogens is 1. The van der Waals surface area contributed by atoms with Gasteiger partial charge in [-0.25, -0.2) is 13.1 Å². The molecule has 118 valence electrons. The highest BCUT2D eigenvalue weighted by molar-refractivity contribution is 7.89. The molecule has 0 radical (unpaired) electrons. The van der Waals surface area contributed by atoms with E-state index in [1.807, 2.05) is 0 Å². The highest BCUT2D eigenvalue weighted by Crippen LogP contribution is 2.33. The molecule has 0 aromatic heterocycles. The lowest BCUT2D eigenvalue weighted by Crippen LogP contribution is -2.41. The molecule has 2 rings (SSSR count). The third-order valence-corrected chi connectivity index (χ3v) is 4.93. The lowest BCUT2D eigenvalue weighted by molar-refractivity contribution is -0.385. The zero-order chi connectivity index (χ0) is 14.9. The number of nitrogens with one attached hydrogen (secondary N) is 1. The summed E-state index contributed by atoms with van der Waals surface area (Å²) in [6.07, 6.45) is 1.91. The third kappa shape index (κ3) is 4.13. The monoisotopic (exact) mass is 335 g/mol. The first-order valence-electron chi connectivity index (χ1n) is 6.32. The van der Waals surface area contributed by atoms with Crippen LogP contribution in [0.1, 0.15) is 18.4 Å². The summed E-state index contributed by atoms with van der Waals surface area (Å²) in [6.45, 7) is 1.78. The average molecular weight is 336 g/mol. The van der Waals surface area contributed by atoms with Gasteiger partial charge in [-0.3, -0.25) is 10.1 Å². The lowest BCUT2D eigenvalue weighted by Gasteiger charge is -2.16. The van der Waals surface area contributed by atoms with Crippen molar-refractivity contribution in [3.05, 3.63) is 33.9 Å². The van der Waals surface area contributed by atoms with Gasteiger partial charge in [0.15, 0.2) is 0 Å². The Morgan fingerprint density at radius 2 is 2.10 bits per heavy atom. The Kier molecular flexibility index (Phi) is 5.68. The molecule has 0 saturated heterocycles. The minimum absolute atomic E-state index is 0. The average Bonchev–Trinajstić information content (AvgIpc) is 3.20. The molecule has 0 bridgehead atoms. The van der Waals surface area contributed by atoms with Crippen LogP contribution in [0.4, 0.5) is 5.69 Å². The number of sulfonamides is 1. The number of nitrogens with two attached hydrogens (primary N) is 1. The van der Waals surface area contributed by atoms with Gasteiger partial charge in [0.05, 0.1) is 9.82 Å². The van der Waals surface area contributed by atoms with E-state index in [4.69, 9.17) is 5.73 Å². The number of rotatable bonds is 6. The van der Waals surface area contributed by atoms with Crippen LogP contribution in [0, 0.1) is 23.0 Å². The smallest absolute Gasteiger partial charge is 0.273 e. The van der Waals surface area contributed by atoms with Gasteiger partial charge < -0.3 is 5.73 Å². The molecule has 1 fully saturated rings. The Balaban J connectivity index is 0.00000220. The standard InChI is InChI=1S/C12H17N3O4S.ClH/c1-8-2-5-10(6-12(8)15(16)17)20(18,19)14-11(7-13)9-3-4-9;/h2,5-6,9,11,14H,3-4,7,13H2,1H3;1H. The summed E-state index contributed by atoms with van der Waals surface area (Å²) in [5, 5.41) is 10.9. The molecule has 0 aliphatic heterocycles. The fourth-order valence-corrected chi connectivity index (χ4v) is 3.39. The van der Waals surface area contributed by atoms with Crippen molar-refractivity contribution >= 4 is 28.1 Å². The van der Waals surface area contributed by atoms with Crippen molar-refractivity contribution in [1.82, 2.24) is 4.72 Å². The predicted molar refractivity (Wildman–Crippen MR) is 81.0 cm³/mol. The maximum absolute atomic E-state index is 12.2. The minimum Gasteiger partial charge on any atom is -0.329 e. The van der Waals surface area contributed by atoms with Crippen LogP contribution in [0.5, 0.6) is 0 Å². The number of hydrogen-bond donors (Lipinski definition) is 2. The van der Waals surface area contributed by atoms with E-state index in [0.717, 1.165) is 18.9 Å². The van der Waals surface area contributed by atoms with Crippen LogP contribution >= 0.6 is 12.4 Å². The SMILES string of the molecule is Cc1ccc(S(=O)(=O)NC(CN)C2CC2)cc1[N+](=O)[O-].Cl. The molecule has 9 heteroatoms. The highest BCUT2D eigenvalue weighted by atomic mass is 35.5. The zero-order valence-corrected chi connectivity index (χ0v) is 13.1. The Hall–Kier alpha value is -1.22. The van der Waals surface area contributed by atoms with E-state index in [2.05, 4.69) is 4.72 Å². The van der Waals surface area contributed by atoms with Gasteiger partial charge in [-0.05, 0) is 31.7 Å². The lowest BCUT2D eigenvalue weighted by atomic mass is 10.2. The zero-order valence-electron chi connectivity index (χ0n) is 11.5. The van der Waals surface area contributed by atoms with Crippen molar-refractivity contribution in [2.24, 2.45) is 11.7 Å². The van der Waals surface area contributed by atoms with Crippen molar-refractivity contribution < 1.29 is 13.3 Å². The van der Waals surface area contributed by atoms with Gasteiger partial charge in [-0.2, -0.15) is 0 Å². The predicted octanol–water partition coefficient (Wildman–Crippen LogP) is 1.34. The largest absolute Gasteiger partial charge is 0.329 e. The van der Waals surface area contributed by atoms with E-state index in [1.165, 1.54) is 12.1 Å². The Bertz CT molecular complexity index is 631. The number of hydrogen-bond acceptors (Lipinski definition) is 5. The van der Waals surface area contributed by atoms with Crippen molar-refractivity contribution in [1.29, 1.82) is 0 Å². The fourth-order valence-electron chi connectivity index (χ4n) is 2.06. The summed E-state index contributed by atoms with van der Waals surface area (Å²) in [4.78, 5) is 10.2. The van der Waals surface area contributed by atoms with Crippen LogP contribution in [0.2, 0.25) is 0 Å². The number of aryl methyl sites for hydroxylation is 1. The molecule has 1 unspecified atom stereocenters. The molecule has 1 aromatic rings. The molecule has 1 aliphatic rings. The van der Waals surface area contributed by atoms with E-state index in [0.29, 0.717) is 5.56 Å². The van der Waals surface area contributed by atoms with E-state index in [9.17, 15) is 18.5 Å². The summed E-state index contributed by atoms with van der Waals surface area (Å²) in [5.41, 5.74) is 5.78. The molecule has 1 aromatic carbocycles. The summed E-state index contributed by atoms with van der Waals surface area (Å²) in [5.74, 6) is 0.273. The molecule has 1 atom stereocenters. The molecule has 0 spiro atoms. The first-order valence-corrected chi connectivity index (χ1v) is 7.81. The van der Waals surface area contributed by atoms with Crippen molar-refractivity contribution in [2.75, 3.05) is 6.54 Å². The van der Waals surface area contributed by atoms with Crippen molar-refractivity contribution in [2.45, 2.75) is 30.7 Å². The second kappa shape index (κ2) is 6.69. The summed E-state index contributed by atoms with van der Waals surface area (Å²) < 4.78 is 27.0. The van der Waals surface area contributed by atoms with Gasteiger partial charge in [0, 0.05) is 24.2 Å². The molecular weight excluding hydrogens is 318 g/mol. The topological polar surface area (TPSA) is 115 Å². The number of nitro groups is 1. The Labute approximate surface area is 129 Å². The van der Waals surface area contributed by atoms with Crippen LogP contribution in [0.25, 0.3) is 0 Å². The Morgan fingerprint density at radius 3 is 2.57 bits per heavy atom. The molecule has 1 aliphatic carbocycles. The quantitative estimate of drug-likeness (QED) is 0.601. The normalized spacial score (nSPS) is 16.1. The molecule has 7 nitrogen and oxygen atoms in total. The van der Waals surface area contributed by atoms with Gasteiger partial charge in [-0.15, -0.1) is 12.4 Å². The first-order chi connectivity index (χ1) is 9.35. The molecule has 1 saturated carbocycles. The fraction of sp³-hybridized carbons (Fsp3) is 0.500. The molecule has 0 amide bonds.